The molecule has 130 valence electrons. The minimum atomic E-state index is -3.82. The number of methoxy groups -OCH3 is 1. The van der Waals surface area contributed by atoms with Gasteiger partial charge in [-0.15, -0.1) is 10.2 Å². The molecule has 0 aliphatic carbocycles. The fraction of sp³-hybridized carbons (Fsp3) is 0.176. The van der Waals surface area contributed by atoms with Crippen molar-refractivity contribution in [2.45, 2.75) is 18.2 Å². The average Bonchev–Trinajstić information content (AvgIpc) is 3.09. The van der Waals surface area contributed by atoms with E-state index >= 15 is 0 Å². The van der Waals surface area contributed by atoms with Crippen LogP contribution in [-0.4, -0.2) is 25.7 Å². The number of aryl methyl sites for hydroxylation is 1. The summed E-state index contributed by atoms with van der Waals surface area (Å²) in [6.07, 6.45) is 0.726. The summed E-state index contributed by atoms with van der Waals surface area (Å²) < 4.78 is 33.2. The highest BCUT2D eigenvalue weighted by Gasteiger charge is 2.22. The molecule has 0 aliphatic heterocycles. The zero-order chi connectivity index (χ0) is 17.9. The Labute approximate surface area is 150 Å². The predicted molar refractivity (Wildman–Crippen MR) is 98.5 cm³/mol. The Bertz CT molecular complexity index is 970. The SMILES string of the molecule is CCc1ccc(OC)c(S(=O)(=O)Nc2nnc(-c3ccccc3)s2)c1. The van der Waals surface area contributed by atoms with Gasteiger partial charge in [0, 0.05) is 5.56 Å². The number of ether oxygens (including phenoxy) is 1. The van der Waals surface area contributed by atoms with Gasteiger partial charge in [-0.25, -0.2) is 8.42 Å². The molecule has 0 saturated heterocycles. The molecule has 0 spiro atoms. The fourth-order valence-corrected chi connectivity index (χ4v) is 4.48. The molecule has 0 bridgehead atoms. The van der Waals surface area contributed by atoms with Gasteiger partial charge in [0.2, 0.25) is 5.13 Å². The molecule has 0 unspecified atom stereocenters. The molecule has 3 aromatic rings. The summed E-state index contributed by atoms with van der Waals surface area (Å²) in [6.45, 7) is 1.96. The van der Waals surface area contributed by atoms with Crippen molar-refractivity contribution >= 4 is 26.5 Å². The van der Waals surface area contributed by atoms with Crippen LogP contribution in [0.4, 0.5) is 5.13 Å². The van der Waals surface area contributed by atoms with E-state index in [0.717, 1.165) is 17.5 Å². The van der Waals surface area contributed by atoms with Crippen LogP contribution in [0, 0.1) is 0 Å². The van der Waals surface area contributed by atoms with Gasteiger partial charge >= 0.3 is 0 Å². The Hall–Kier alpha value is -2.45. The Morgan fingerprint density at radius 3 is 2.56 bits per heavy atom. The summed E-state index contributed by atoms with van der Waals surface area (Å²) in [6, 6.07) is 14.6. The quantitative estimate of drug-likeness (QED) is 0.712. The van der Waals surface area contributed by atoms with Gasteiger partial charge in [0.1, 0.15) is 15.7 Å². The minimum Gasteiger partial charge on any atom is -0.495 e. The molecule has 0 aliphatic rings. The molecular formula is C17H17N3O3S2. The largest absolute Gasteiger partial charge is 0.495 e. The number of nitrogens with zero attached hydrogens (tertiary/aromatic N) is 2. The lowest BCUT2D eigenvalue weighted by atomic mass is 10.2. The number of sulfonamides is 1. The standard InChI is InChI=1S/C17H17N3O3S2/c1-3-12-9-10-14(23-2)15(11-12)25(21,22)20-17-19-18-16(24-17)13-7-5-4-6-8-13/h4-11H,3H2,1-2H3,(H,19,20). The molecule has 1 aromatic heterocycles. The van der Waals surface area contributed by atoms with E-state index < -0.39 is 10.0 Å². The molecular weight excluding hydrogens is 358 g/mol. The van der Waals surface area contributed by atoms with E-state index in [2.05, 4.69) is 14.9 Å². The van der Waals surface area contributed by atoms with Crippen LogP contribution < -0.4 is 9.46 Å². The van der Waals surface area contributed by atoms with Gasteiger partial charge in [-0.05, 0) is 24.1 Å². The smallest absolute Gasteiger partial charge is 0.267 e. The average molecular weight is 375 g/mol. The van der Waals surface area contributed by atoms with Crippen LogP contribution in [0.2, 0.25) is 0 Å². The Balaban J connectivity index is 1.91. The van der Waals surface area contributed by atoms with Crippen LogP contribution in [0.1, 0.15) is 12.5 Å². The van der Waals surface area contributed by atoms with Crippen LogP contribution in [0.3, 0.4) is 0 Å². The number of hydrogen-bond donors (Lipinski definition) is 1. The normalized spacial score (nSPS) is 11.3. The maximum atomic E-state index is 12.7. The molecule has 1 heterocycles. The van der Waals surface area contributed by atoms with Gasteiger partial charge in [-0.2, -0.15) is 0 Å². The van der Waals surface area contributed by atoms with E-state index in [1.54, 1.807) is 12.1 Å². The maximum absolute atomic E-state index is 12.7. The Morgan fingerprint density at radius 2 is 1.88 bits per heavy atom. The number of hydrogen-bond acceptors (Lipinski definition) is 6. The third-order valence-corrected chi connectivity index (χ3v) is 5.97. The molecule has 0 saturated carbocycles. The zero-order valence-corrected chi connectivity index (χ0v) is 15.4. The van der Waals surface area contributed by atoms with E-state index in [9.17, 15) is 8.42 Å². The Kier molecular flexibility index (Phi) is 5.00. The second-order valence-electron chi connectivity index (χ2n) is 5.22. The van der Waals surface area contributed by atoms with Crippen molar-refractivity contribution in [3.05, 3.63) is 54.1 Å². The van der Waals surface area contributed by atoms with Crippen LogP contribution >= 0.6 is 11.3 Å². The molecule has 8 heteroatoms. The van der Waals surface area contributed by atoms with Crippen LogP contribution in [0.5, 0.6) is 5.75 Å². The van der Waals surface area contributed by atoms with E-state index in [4.69, 9.17) is 4.74 Å². The lowest BCUT2D eigenvalue weighted by Crippen LogP contribution is -2.14. The fourth-order valence-electron chi connectivity index (χ4n) is 2.28. The summed E-state index contributed by atoms with van der Waals surface area (Å²) in [4.78, 5) is 0.0887. The molecule has 0 fully saturated rings. The second kappa shape index (κ2) is 7.20. The van der Waals surface area contributed by atoms with Crippen molar-refractivity contribution in [3.8, 4) is 16.3 Å². The lowest BCUT2D eigenvalue weighted by Gasteiger charge is -2.11. The first-order valence-corrected chi connectivity index (χ1v) is 9.92. The monoisotopic (exact) mass is 375 g/mol. The van der Waals surface area contributed by atoms with E-state index in [-0.39, 0.29) is 15.8 Å². The van der Waals surface area contributed by atoms with Gasteiger partial charge in [0.15, 0.2) is 0 Å². The van der Waals surface area contributed by atoms with Gasteiger partial charge in [0.25, 0.3) is 10.0 Å². The van der Waals surface area contributed by atoms with Crippen molar-refractivity contribution in [1.29, 1.82) is 0 Å². The zero-order valence-electron chi connectivity index (χ0n) is 13.8. The highest BCUT2D eigenvalue weighted by molar-refractivity contribution is 7.93. The van der Waals surface area contributed by atoms with Gasteiger partial charge in [0.05, 0.1) is 7.11 Å². The third-order valence-electron chi connectivity index (χ3n) is 3.59. The van der Waals surface area contributed by atoms with Crippen molar-refractivity contribution in [3.63, 3.8) is 0 Å². The van der Waals surface area contributed by atoms with Gasteiger partial charge in [-0.1, -0.05) is 54.7 Å². The highest BCUT2D eigenvalue weighted by atomic mass is 32.2. The first-order valence-electron chi connectivity index (χ1n) is 7.62. The number of aromatic nitrogens is 2. The van der Waals surface area contributed by atoms with Crippen LogP contribution in [0.25, 0.3) is 10.6 Å². The minimum absolute atomic E-state index is 0.0887. The third kappa shape index (κ3) is 3.80. The molecule has 2 aromatic carbocycles. The Morgan fingerprint density at radius 1 is 1.12 bits per heavy atom. The number of benzene rings is 2. The van der Waals surface area contributed by atoms with Gasteiger partial charge in [-0.3, -0.25) is 4.72 Å². The first-order chi connectivity index (χ1) is 12.0. The van der Waals surface area contributed by atoms with E-state index in [1.165, 1.54) is 18.4 Å². The molecule has 1 N–H and O–H groups in total. The van der Waals surface area contributed by atoms with E-state index in [1.807, 2.05) is 43.3 Å². The summed E-state index contributed by atoms with van der Waals surface area (Å²) in [7, 11) is -2.38. The lowest BCUT2D eigenvalue weighted by molar-refractivity contribution is 0.402. The first kappa shape index (κ1) is 17.4. The van der Waals surface area contributed by atoms with Gasteiger partial charge < -0.3 is 4.74 Å². The van der Waals surface area contributed by atoms with E-state index in [0.29, 0.717) is 5.01 Å². The van der Waals surface area contributed by atoms with Crippen LogP contribution in [0.15, 0.2) is 53.4 Å². The van der Waals surface area contributed by atoms with Crippen LogP contribution in [-0.2, 0) is 16.4 Å². The molecule has 0 radical (unpaired) electrons. The second-order valence-corrected chi connectivity index (χ2v) is 7.85. The molecule has 0 atom stereocenters. The molecule has 0 amide bonds. The topological polar surface area (TPSA) is 81.2 Å². The number of rotatable bonds is 6. The van der Waals surface area contributed by atoms with Crippen molar-refractivity contribution < 1.29 is 13.2 Å². The highest BCUT2D eigenvalue weighted by Crippen LogP contribution is 2.30. The predicted octanol–water partition coefficient (Wildman–Crippen LogP) is 3.58. The van der Waals surface area contributed by atoms with Crippen molar-refractivity contribution in [2.75, 3.05) is 11.8 Å². The summed E-state index contributed by atoms with van der Waals surface area (Å²) >= 11 is 1.18. The number of anilines is 1. The molecule has 3 rings (SSSR count). The van der Waals surface area contributed by atoms with Crippen molar-refractivity contribution in [1.82, 2.24) is 10.2 Å². The summed E-state index contributed by atoms with van der Waals surface area (Å²) in [5.41, 5.74) is 1.79. The molecule has 6 nitrogen and oxygen atoms in total. The summed E-state index contributed by atoms with van der Waals surface area (Å²) in [5, 5.41) is 8.85. The number of nitrogens with one attached hydrogen (secondary N) is 1. The van der Waals surface area contributed by atoms with Crippen molar-refractivity contribution in [2.24, 2.45) is 0 Å². The maximum Gasteiger partial charge on any atom is 0.267 e. The summed E-state index contributed by atoms with van der Waals surface area (Å²) in [5.74, 6) is 0.289. The molecule has 25 heavy (non-hydrogen) atoms.